The monoisotopic (exact) mass is 586 g/mol. The molecule has 0 heterocycles. The van der Waals surface area contributed by atoms with Crippen LogP contribution < -0.4 is 8.79 Å². The first-order chi connectivity index (χ1) is 16.7. The third-order valence-electron chi connectivity index (χ3n) is 7.03. The van der Waals surface area contributed by atoms with Crippen LogP contribution in [0, 0.1) is 0 Å². The molecule has 3 heteroatoms. The van der Waals surface area contributed by atoms with Gasteiger partial charge in [0.2, 0.25) is 0 Å². The zero-order chi connectivity index (χ0) is 24.5. The summed E-state index contributed by atoms with van der Waals surface area (Å²) >= 11 is -3.11. The van der Waals surface area contributed by atoms with Crippen LogP contribution >= 0.6 is 0 Å². The third kappa shape index (κ3) is 10.6. The van der Waals surface area contributed by atoms with Gasteiger partial charge in [0.1, 0.15) is 0 Å². The summed E-state index contributed by atoms with van der Waals surface area (Å²) in [6.45, 7) is 9.38. The van der Waals surface area contributed by atoms with E-state index in [9.17, 15) is 0 Å². The first-order valence-corrected chi connectivity index (χ1v) is 21.6. The van der Waals surface area contributed by atoms with Crippen LogP contribution in [0.2, 0.25) is 15.8 Å². The molecule has 0 saturated heterocycles. The van der Waals surface area contributed by atoms with Gasteiger partial charge in [0.25, 0.3) is 0 Å². The molecule has 0 bridgehead atoms. The normalized spacial score (nSPS) is 12.1. The van der Waals surface area contributed by atoms with E-state index in [0.29, 0.717) is 0 Å². The van der Waals surface area contributed by atoms with Crippen LogP contribution in [0.25, 0.3) is 0 Å². The summed E-state index contributed by atoms with van der Waals surface area (Å²) in [6.07, 6.45) is 14.3. The zero-order valence-electron chi connectivity index (χ0n) is 22.6. The van der Waals surface area contributed by atoms with Gasteiger partial charge in [-0.3, -0.25) is 0 Å². The van der Waals surface area contributed by atoms with Crippen molar-refractivity contribution >= 4 is 37.8 Å². The molecule has 0 saturated carbocycles. The molecular formula is C31H50Ge2O. The van der Waals surface area contributed by atoms with E-state index in [1.807, 2.05) is 0 Å². The molecule has 0 aliphatic heterocycles. The van der Waals surface area contributed by atoms with Crippen molar-refractivity contribution in [3.05, 3.63) is 60.7 Å². The summed E-state index contributed by atoms with van der Waals surface area (Å²) in [6, 6.07) is 22.9. The van der Waals surface area contributed by atoms with E-state index in [4.69, 9.17) is 3.76 Å². The van der Waals surface area contributed by atoms with Crippen LogP contribution in [0.1, 0.15) is 98.3 Å². The summed E-state index contributed by atoms with van der Waals surface area (Å²) in [5, 5.41) is 4.14. The van der Waals surface area contributed by atoms with Crippen LogP contribution in [-0.2, 0) is 3.76 Å². The number of rotatable bonds is 19. The van der Waals surface area contributed by atoms with Gasteiger partial charge in [-0.2, -0.15) is 0 Å². The molecule has 34 heavy (non-hydrogen) atoms. The Bertz CT molecular complexity index is 678. The summed E-state index contributed by atoms with van der Waals surface area (Å²) in [5.41, 5.74) is 0.130. The Morgan fingerprint density at radius 3 is 1.41 bits per heavy atom. The molecule has 2 rings (SSSR count). The Morgan fingerprint density at radius 1 is 0.559 bits per heavy atom. The SMILES string of the molecule is CCC[CH2][Ge]([CH2]CCC)[O]C(CCCC)(CCCC)C[CH2][Ge]([c]1ccccc1)[c]1ccccc1. The fourth-order valence-electron chi connectivity index (χ4n) is 4.89. The van der Waals surface area contributed by atoms with E-state index >= 15 is 0 Å². The van der Waals surface area contributed by atoms with Gasteiger partial charge in [0, 0.05) is 0 Å². The van der Waals surface area contributed by atoms with Crippen molar-refractivity contribution in [2.45, 2.75) is 120 Å². The molecule has 0 aliphatic carbocycles. The standard InChI is InChI=1S/C31H50Ge2O/c1-5-9-23-31(24-10-6-2,34-32(26-11-7-3)27-12-8-4)25-28-33(29-19-15-13-16-20-29)30-21-17-14-18-22-30/h13-22H,5-12,23-28H2,1-4H3. The van der Waals surface area contributed by atoms with E-state index in [2.05, 4.69) is 88.4 Å². The molecule has 2 aromatic carbocycles. The van der Waals surface area contributed by atoms with Gasteiger partial charge in [0.05, 0.1) is 0 Å². The van der Waals surface area contributed by atoms with Gasteiger partial charge in [-0.05, 0) is 0 Å². The molecule has 2 aromatic rings. The van der Waals surface area contributed by atoms with E-state index < -0.39 is 29.0 Å². The Kier molecular flexibility index (Phi) is 15.6. The minimum atomic E-state index is -1.61. The molecule has 188 valence electrons. The van der Waals surface area contributed by atoms with Crippen molar-refractivity contribution in [2.24, 2.45) is 0 Å². The molecule has 0 atom stereocenters. The first-order valence-electron chi connectivity index (χ1n) is 14.2. The fraction of sp³-hybridized carbons (Fsp3) is 0.613. The van der Waals surface area contributed by atoms with Crippen molar-refractivity contribution in [1.29, 1.82) is 0 Å². The molecule has 0 amide bonds. The first kappa shape index (κ1) is 29.7. The van der Waals surface area contributed by atoms with Crippen molar-refractivity contribution < 1.29 is 3.76 Å². The van der Waals surface area contributed by atoms with Crippen LogP contribution in [0.3, 0.4) is 0 Å². The quantitative estimate of drug-likeness (QED) is 0.151. The molecule has 0 unspecified atom stereocenters. The minimum absolute atomic E-state index is 0.130. The summed E-state index contributed by atoms with van der Waals surface area (Å²) in [5.74, 6) is 0. The van der Waals surface area contributed by atoms with Gasteiger partial charge in [-0.15, -0.1) is 0 Å². The third-order valence-corrected chi connectivity index (χ3v) is 18.3. The van der Waals surface area contributed by atoms with Crippen molar-refractivity contribution in [1.82, 2.24) is 0 Å². The Balaban J connectivity index is 2.31. The van der Waals surface area contributed by atoms with Crippen LogP contribution in [0.15, 0.2) is 60.7 Å². The average Bonchev–Trinajstić information content (AvgIpc) is 2.89. The van der Waals surface area contributed by atoms with Crippen LogP contribution in [-0.4, -0.2) is 34.6 Å². The molecule has 0 spiro atoms. The molecule has 0 aliphatic rings. The van der Waals surface area contributed by atoms with Crippen molar-refractivity contribution in [3.8, 4) is 0 Å². The molecule has 0 fully saturated rings. The molecule has 2 radical (unpaired) electrons. The number of unbranched alkanes of at least 4 members (excludes halogenated alkanes) is 4. The van der Waals surface area contributed by atoms with Gasteiger partial charge >= 0.3 is 222 Å². The second-order valence-corrected chi connectivity index (χ2v) is 20.2. The predicted octanol–water partition coefficient (Wildman–Crippen LogP) is 8.41. The molecule has 0 N–H and O–H groups in total. The number of hydrogen-bond donors (Lipinski definition) is 0. The number of benzene rings is 2. The molecular weight excluding hydrogens is 534 g/mol. The molecule has 1 nitrogen and oxygen atoms in total. The van der Waals surface area contributed by atoms with E-state index in [0.717, 1.165) is 0 Å². The van der Waals surface area contributed by atoms with Crippen LogP contribution in [0.5, 0.6) is 0 Å². The average molecular weight is 584 g/mol. The summed E-state index contributed by atoms with van der Waals surface area (Å²) in [7, 11) is 0. The van der Waals surface area contributed by atoms with E-state index in [-0.39, 0.29) is 5.60 Å². The zero-order valence-corrected chi connectivity index (χ0v) is 26.8. The summed E-state index contributed by atoms with van der Waals surface area (Å²) in [4.78, 5) is 0. The fourth-order valence-corrected chi connectivity index (χ4v) is 16.8. The Morgan fingerprint density at radius 2 is 1.00 bits per heavy atom. The second kappa shape index (κ2) is 17.8. The summed E-state index contributed by atoms with van der Waals surface area (Å²) < 4.78 is 10.7. The Labute approximate surface area is 221 Å². The van der Waals surface area contributed by atoms with Crippen molar-refractivity contribution in [3.63, 3.8) is 0 Å². The van der Waals surface area contributed by atoms with Gasteiger partial charge < -0.3 is 0 Å². The van der Waals surface area contributed by atoms with Crippen LogP contribution in [0.4, 0.5) is 0 Å². The molecule has 0 aromatic heterocycles. The maximum absolute atomic E-state index is 7.46. The number of hydrogen-bond acceptors (Lipinski definition) is 1. The van der Waals surface area contributed by atoms with Gasteiger partial charge in [0.15, 0.2) is 0 Å². The maximum atomic E-state index is 7.46. The Hall–Kier alpha value is -0.514. The van der Waals surface area contributed by atoms with Gasteiger partial charge in [-0.25, -0.2) is 0 Å². The topological polar surface area (TPSA) is 9.23 Å². The predicted molar refractivity (Wildman–Crippen MR) is 155 cm³/mol. The van der Waals surface area contributed by atoms with Crippen molar-refractivity contribution in [2.75, 3.05) is 0 Å². The van der Waals surface area contributed by atoms with E-state index in [1.54, 1.807) is 8.79 Å². The van der Waals surface area contributed by atoms with E-state index in [1.165, 1.54) is 86.4 Å². The second-order valence-electron chi connectivity index (χ2n) is 9.95. The van der Waals surface area contributed by atoms with Gasteiger partial charge in [-0.1, -0.05) is 0 Å².